The summed E-state index contributed by atoms with van der Waals surface area (Å²) in [7, 11) is 0. The largest absolute Gasteiger partial charge is 0.481 e. The van der Waals surface area contributed by atoms with Gasteiger partial charge in [0.05, 0.1) is 5.92 Å². The molecule has 0 saturated carbocycles. The van der Waals surface area contributed by atoms with Crippen LogP contribution in [0.4, 0.5) is 0 Å². The molecule has 0 bridgehead atoms. The second-order valence-corrected chi connectivity index (χ2v) is 5.62. The van der Waals surface area contributed by atoms with Gasteiger partial charge in [-0.25, -0.2) is 0 Å². The number of aliphatic carboxylic acids is 1. The summed E-state index contributed by atoms with van der Waals surface area (Å²) in [6, 6.07) is 0. The Balaban J connectivity index is 1.77. The number of hydrogen-bond donors (Lipinski definition) is 2. The number of carboxylic acid groups (broad SMARTS) is 1. The Hall–Kier alpha value is -1.10. The molecule has 1 amide bonds. The average molecular weight is 254 g/mol. The van der Waals surface area contributed by atoms with Crippen LogP contribution in [0.1, 0.15) is 26.2 Å². The van der Waals surface area contributed by atoms with Crippen LogP contribution >= 0.6 is 0 Å². The van der Waals surface area contributed by atoms with Crippen molar-refractivity contribution in [2.45, 2.75) is 26.2 Å². The van der Waals surface area contributed by atoms with Gasteiger partial charge < -0.3 is 15.3 Å². The molecule has 2 aliphatic heterocycles. The standard InChI is InChI=1S/C13H22N2O3/c1-9-7-15(8-11(9)13(17)18)12(16)3-2-10-4-5-14-6-10/h9-11,14H,2-8H2,1H3,(H,17,18). The van der Waals surface area contributed by atoms with Crippen LogP contribution in [0.15, 0.2) is 0 Å². The molecule has 3 unspecified atom stereocenters. The average Bonchev–Trinajstić information content (AvgIpc) is 2.94. The number of amides is 1. The third kappa shape index (κ3) is 3.02. The first kappa shape index (κ1) is 13.3. The van der Waals surface area contributed by atoms with E-state index < -0.39 is 5.97 Å². The summed E-state index contributed by atoms with van der Waals surface area (Å²) in [4.78, 5) is 24.8. The number of nitrogens with one attached hydrogen (secondary N) is 1. The Morgan fingerprint density at radius 3 is 2.72 bits per heavy atom. The highest BCUT2D eigenvalue weighted by molar-refractivity contribution is 5.79. The number of carboxylic acids is 1. The molecule has 0 aromatic carbocycles. The molecule has 5 nitrogen and oxygen atoms in total. The maximum absolute atomic E-state index is 12.0. The van der Waals surface area contributed by atoms with E-state index in [-0.39, 0.29) is 17.7 Å². The highest BCUT2D eigenvalue weighted by Crippen LogP contribution is 2.24. The van der Waals surface area contributed by atoms with E-state index in [1.807, 2.05) is 6.92 Å². The first-order valence-electron chi connectivity index (χ1n) is 6.79. The molecule has 2 aliphatic rings. The Labute approximate surface area is 108 Å². The number of hydrogen-bond acceptors (Lipinski definition) is 3. The van der Waals surface area contributed by atoms with E-state index in [0.717, 1.165) is 25.9 Å². The molecular weight excluding hydrogens is 232 g/mol. The first-order valence-corrected chi connectivity index (χ1v) is 6.79. The van der Waals surface area contributed by atoms with E-state index in [2.05, 4.69) is 5.32 Å². The highest BCUT2D eigenvalue weighted by atomic mass is 16.4. The zero-order valence-corrected chi connectivity index (χ0v) is 10.9. The predicted molar refractivity (Wildman–Crippen MR) is 67.1 cm³/mol. The van der Waals surface area contributed by atoms with Gasteiger partial charge in [0.1, 0.15) is 0 Å². The van der Waals surface area contributed by atoms with Crippen molar-refractivity contribution in [2.24, 2.45) is 17.8 Å². The Bertz CT molecular complexity index is 326. The lowest BCUT2D eigenvalue weighted by Gasteiger charge is -2.17. The topological polar surface area (TPSA) is 69.6 Å². The van der Waals surface area contributed by atoms with Gasteiger partial charge in [0.2, 0.25) is 5.91 Å². The third-order valence-electron chi connectivity index (χ3n) is 4.21. The molecule has 102 valence electrons. The predicted octanol–water partition coefficient (Wildman–Crippen LogP) is 0.555. The van der Waals surface area contributed by atoms with Crippen LogP contribution in [-0.2, 0) is 9.59 Å². The van der Waals surface area contributed by atoms with Crippen molar-refractivity contribution >= 4 is 11.9 Å². The molecule has 2 fully saturated rings. The van der Waals surface area contributed by atoms with Crippen molar-refractivity contribution < 1.29 is 14.7 Å². The number of nitrogens with zero attached hydrogens (tertiary/aromatic N) is 1. The summed E-state index contributed by atoms with van der Waals surface area (Å²) >= 11 is 0. The van der Waals surface area contributed by atoms with Crippen molar-refractivity contribution in [3.63, 3.8) is 0 Å². The van der Waals surface area contributed by atoms with E-state index in [9.17, 15) is 9.59 Å². The number of carbonyl (C=O) groups is 2. The van der Waals surface area contributed by atoms with Gasteiger partial charge in [0, 0.05) is 19.5 Å². The molecule has 0 aromatic rings. The molecule has 2 heterocycles. The van der Waals surface area contributed by atoms with Crippen LogP contribution in [0.5, 0.6) is 0 Å². The van der Waals surface area contributed by atoms with Gasteiger partial charge in [-0.3, -0.25) is 9.59 Å². The van der Waals surface area contributed by atoms with E-state index in [1.165, 1.54) is 0 Å². The van der Waals surface area contributed by atoms with Crippen molar-refractivity contribution in [1.82, 2.24) is 10.2 Å². The van der Waals surface area contributed by atoms with Gasteiger partial charge >= 0.3 is 5.97 Å². The zero-order chi connectivity index (χ0) is 13.1. The molecule has 2 rings (SSSR count). The van der Waals surface area contributed by atoms with Crippen LogP contribution in [0.25, 0.3) is 0 Å². The molecular formula is C13H22N2O3. The van der Waals surface area contributed by atoms with Crippen LogP contribution in [0, 0.1) is 17.8 Å². The highest BCUT2D eigenvalue weighted by Gasteiger charge is 2.36. The SMILES string of the molecule is CC1CN(C(=O)CCC2CCNC2)CC1C(=O)O. The fraction of sp³-hybridized carbons (Fsp3) is 0.846. The lowest BCUT2D eigenvalue weighted by atomic mass is 9.99. The van der Waals surface area contributed by atoms with Crippen molar-refractivity contribution in [3.05, 3.63) is 0 Å². The molecule has 0 aromatic heterocycles. The summed E-state index contributed by atoms with van der Waals surface area (Å²) < 4.78 is 0. The monoisotopic (exact) mass is 254 g/mol. The second kappa shape index (κ2) is 5.69. The van der Waals surface area contributed by atoms with Crippen LogP contribution in [0.3, 0.4) is 0 Å². The molecule has 3 atom stereocenters. The van der Waals surface area contributed by atoms with Crippen molar-refractivity contribution in [3.8, 4) is 0 Å². The first-order chi connectivity index (χ1) is 8.58. The van der Waals surface area contributed by atoms with Gasteiger partial charge in [-0.2, -0.15) is 0 Å². The smallest absolute Gasteiger partial charge is 0.308 e. The lowest BCUT2D eigenvalue weighted by Crippen LogP contribution is -2.30. The molecule has 0 radical (unpaired) electrons. The Kier molecular flexibility index (Phi) is 4.22. The molecule has 2 saturated heterocycles. The van der Waals surface area contributed by atoms with Gasteiger partial charge in [0.15, 0.2) is 0 Å². The summed E-state index contributed by atoms with van der Waals surface area (Å²) in [5.74, 6) is -0.360. The third-order valence-corrected chi connectivity index (χ3v) is 4.21. The summed E-state index contributed by atoms with van der Waals surface area (Å²) in [5, 5.41) is 12.3. The quantitative estimate of drug-likeness (QED) is 0.769. The summed E-state index contributed by atoms with van der Waals surface area (Å²) in [5.41, 5.74) is 0. The normalized spacial score (nSPS) is 31.8. The van der Waals surface area contributed by atoms with Crippen LogP contribution < -0.4 is 5.32 Å². The summed E-state index contributed by atoms with van der Waals surface area (Å²) in [6.07, 6.45) is 2.64. The number of carbonyl (C=O) groups excluding carboxylic acids is 1. The fourth-order valence-electron chi connectivity index (χ4n) is 2.94. The van der Waals surface area contributed by atoms with Gasteiger partial charge in [-0.1, -0.05) is 6.92 Å². The minimum absolute atomic E-state index is 0.0691. The van der Waals surface area contributed by atoms with Crippen molar-refractivity contribution in [1.29, 1.82) is 0 Å². The maximum Gasteiger partial charge on any atom is 0.308 e. The lowest BCUT2D eigenvalue weighted by molar-refractivity contribution is -0.142. The van der Waals surface area contributed by atoms with Gasteiger partial charge in [0.25, 0.3) is 0 Å². The summed E-state index contributed by atoms with van der Waals surface area (Å²) in [6.45, 7) is 4.96. The Morgan fingerprint density at radius 1 is 1.39 bits per heavy atom. The van der Waals surface area contributed by atoms with Crippen LogP contribution in [0.2, 0.25) is 0 Å². The number of rotatable bonds is 4. The zero-order valence-electron chi connectivity index (χ0n) is 10.9. The fourth-order valence-corrected chi connectivity index (χ4v) is 2.94. The molecule has 0 spiro atoms. The van der Waals surface area contributed by atoms with Crippen LogP contribution in [-0.4, -0.2) is 48.1 Å². The van der Waals surface area contributed by atoms with E-state index >= 15 is 0 Å². The minimum atomic E-state index is -0.780. The molecule has 18 heavy (non-hydrogen) atoms. The molecule has 2 N–H and O–H groups in total. The van der Waals surface area contributed by atoms with E-state index in [1.54, 1.807) is 4.90 Å². The minimum Gasteiger partial charge on any atom is -0.481 e. The Morgan fingerprint density at radius 2 is 2.17 bits per heavy atom. The van der Waals surface area contributed by atoms with Gasteiger partial charge in [-0.15, -0.1) is 0 Å². The van der Waals surface area contributed by atoms with E-state index in [0.29, 0.717) is 25.4 Å². The van der Waals surface area contributed by atoms with E-state index in [4.69, 9.17) is 5.11 Å². The maximum atomic E-state index is 12.0. The van der Waals surface area contributed by atoms with Gasteiger partial charge in [-0.05, 0) is 37.8 Å². The molecule has 5 heteroatoms. The number of likely N-dealkylation sites (tertiary alicyclic amines) is 1. The van der Waals surface area contributed by atoms with Crippen molar-refractivity contribution in [2.75, 3.05) is 26.2 Å². The second-order valence-electron chi connectivity index (χ2n) is 5.62. The molecule has 0 aliphatic carbocycles.